The van der Waals surface area contributed by atoms with E-state index >= 15 is 0 Å². The number of pyridine rings is 1. The van der Waals surface area contributed by atoms with E-state index in [1.54, 1.807) is 6.20 Å². The Morgan fingerprint density at radius 2 is 2.24 bits per heavy atom. The third-order valence-corrected chi connectivity index (χ3v) is 2.77. The number of ether oxygens (including phenoxy) is 1. The van der Waals surface area contributed by atoms with Gasteiger partial charge >= 0.3 is 0 Å². The lowest BCUT2D eigenvalue weighted by atomic mass is 10.3. The Kier molecular flexibility index (Phi) is 4.76. The summed E-state index contributed by atoms with van der Waals surface area (Å²) in [6.07, 6.45) is 6.03. The Labute approximate surface area is 102 Å². The van der Waals surface area contributed by atoms with Crippen LogP contribution in [-0.4, -0.2) is 29.3 Å². The lowest BCUT2D eigenvalue weighted by molar-refractivity contribution is 0.253. The van der Waals surface area contributed by atoms with E-state index in [1.807, 2.05) is 12.1 Å². The van der Waals surface area contributed by atoms with E-state index in [4.69, 9.17) is 9.84 Å². The van der Waals surface area contributed by atoms with Crippen LogP contribution in [-0.2, 0) is 6.54 Å². The van der Waals surface area contributed by atoms with Crippen LogP contribution in [0.2, 0.25) is 0 Å². The van der Waals surface area contributed by atoms with E-state index in [0.717, 1.165) is 30.8 Å². The van der Waals surface area contributed by atoms with Gasteiger partial charge in [0.15, 0.2) is 0 Å². The fourth-order valence-corrected chi connectivity index (χ4v) is 1.54. The topological polar surface area (TPSA) is 54.4 Å². The van der Waals surface area contributed by atoms with E-state index in [2.05, 4.69) is 10.3 Å². The van der Waals surface area contributed by atoms with Crippen LogP contribution >= 0.6 is 0 Å². The van der Waals surface area contributed by atoms with Crippen LogP contribution in [0.1, 0.15) is 31.4 Å². The smallest absolute Gasteiger partial charge is 0.137 e. The number of aromatic nitrogens is 1. The molecule has 0 aromatic carbocycles. The first-order valence-electron chi connectivity index (χ1n) is 6.30. The summed E-state index contributed by atoms with van der Waals surface area (Å²) in [4.78, 5) is 4.34. The molecule has 0 radical (unpaired) electrons. The number of aliphatic hydroxyl groups excluding tert-OH is 1. The number of nitrogens with zero attached hydrogens (tertiary/aromatic N) is 1. The zero-order valence-electron chi connectivity index (χ0n) is 10.1. The van der Waals surface area contributed by atoms with E-state index in [-0.39, 0.29) is 6.61 Å². The Bertz CT molecular complexity index is 323. The van der Waals surface area contributed by atoms with Crippen molar-refractivity contribution in [2.75, 3.05) is 13.2 Å². The van der Waals surface area contributed by atoms with Crippen molar-refractivity contribution in [1.29, 1.82) is 0 Å². The summed E-state index contributed by atoms with van der Waals surface area (Å²) in [5.74, 6) is 0.804. The summed E-state index contributed by atoms with van der Waals surface area (Å²) in [6.45, 7) is 1.71. The van der Waals surface area contributed by atoms with Gasteiger partial charge in [0.25, 0.3) is 0 Å². The lowest BCUT2D eigenvalue weighted by Gasteiger charge is -2.06. The Hall–Kier alpha value is -1.13. The molecule has 0 spiro atoms. The van der Waals surface area contributed by atoms with Crippen molar-refractivity contribution in [3.05, 3.63) is 24.0 Å². The van der Waals surface area contributed by atoms with Gasteiger partial charge in [-0.3, -0.25) is 4.98 Å². The molecule has 4 heteroatoms. The normalized spacial score (nSPS) is 14.9. The minimum atomic E-state index is 0.230. The molecule has 1 aliphatic carbocycles. The number of aliphatic hydroxyl groups is 1. The van der Waals surface area contributed by atoms with Gasteiger partial charge in [0.1, 0.15) is 5.75 Å². The van der Waals surface area contributed by atoms with Gasteiger partial charge in [-0.2, -0.15) is 0 Å². The molecule has 0 amide bonds. The predicted octanol–water partition coefficient (Wildman–Crippen LogP) is 1.48. The highest BCUT2D eigenvalue weighted by atomic mass is 16.5. The average Bonchev–Trinajstić information content (AvgIpc) is 3.18. The zero-order valence-corrected chi connectivity index (χ0v) is 10.1. The van der Waals surface area contributed by atoms with Crippen LogP contribution in [0.3, 0.4) is 0 Å². The molecule has 17 heavy (non-hydrogen) atoms. The molecule has 2 rings (SSSR count). The van der Waals surface area contributed by atoms with Gasteiger partial charge in [0.05, 0.1) is 18.5 Å². The van der Waals surface area contributed by atoms with Crippen molar-refractivity contribution in [2.24, 2.45) is 0 Å². The molecule has 0 aliphatic heterocycles. The largest absolute Gasteiger partial charge is 0.492 e. The summed E-state index contributed by atoms with van der Waals surface area (Å²) < 4.78 is 5.51. The molecule has 1 saturated carbocycles. The Balaban J connectivity index is 1.68. The zero-order chi connectivity index (χ0) is 11.9. The van der Waals surface area contributed by atoms with E-state index in [9.17, 15) is 0 Å². The molecule has 0 bridgehead atoms. The fraction of sp³-hybridized carbons (Fsp3) is 0.615. The Morgan fingerprint density at radius 1 is 1.35 bits per heavy atom. The van der Waals surface area contributed by atoms with Crippen LogP contribution in [0.5, 0.6) is 5.75 Å². The first-order valence-corrected chi connectivity index (χ1v) is 6.30. The highest BCUT2D eigenvalue weighted by molar-refractivity contribution is 5.19. The van der Waals surface area contributed by atoms with Gasteiger partial charge in [0.2, 0.25) is 0 Å². The minimum absolute atomic E-state index is 0.230. The van der Waals surface area contributed by atoms with Gasteiger partial charge in [0, 0.05) is 19.2 Å². The van der Waals surface area contributed by atoms with Gasteiger partial charge in [-0.05, 0) is 37.8 Å². The molecule has 1 heterocycles. The van der Waals surface area contributed by atoms with Gasteiger partial charge in [-0.1, -0.05) is 0 Å². The number of hydrogen-bond acceptors (Lipinski definition) is 4. The van der Waals surface area contributed by atoms with Gasteiger partial charge < -0.3 is 15.2 Å². The fourth-order valence-electron chi connectivity index (χ4n) is 1.54. The molecule has 1 fully saturated rings. The molecule has 4 nitrogen and oxygen atoms in total. The molecular formula is C13H20N2O2. The summed E-state index contributed by atoms with van der Waals surface area (Å²) in [5, 5.41) is 12.1. The standard InChI is InChI=1S/C13H20N2O2/c16-7-1-2-8-17-13-6-5-12(15-10-13)9-14-11-3-4-11/h5-6,10-11,14,16H,1-4,7-9H2. The number of unbranched alkanes of at least 4 members (excludes halogenated alkanes) is 1. The average molecular weight is 236 g/mol. The van der Waals surface area contributed by atoms with Crippen molar-refractivity contribution < 1.29 is 9.84 Å². The third kappa shape index (κ3) is 4.71. The molecule has 1 aliphatic rings. The molecule has 0 saturated heterocycles. The second-order valence-corrected chi connectivity index (χ2v) is 4.42. The minimum Gasteiger partial charge on any atom is -0.492 e. The maximum atomic E-state index is 8.63. The molecule has 94 valence electrons. The third-order valence-electron chi connectivity index (χ3n) is 2.77. The monoisotopic (exact) mass is 236 g/mol. The van der Waals surface area contributed by atoms with Gasteiger partial charge in [-0.15, -0.1) is 0 Å². The molecule has 0 atom stereocenters. The maximum Gasteiger partial charge on any atom is 0.137 e. The van der Waals surface area contributed by atoms with Crippen LogP contribution < -0.4 is 10.1 Å². The quantitative estimate of drug-likeness (QED) is 0.671. The molecule has 1 aromatic heterocycles. The molecule has 1 aromatic rings. The summed E-state index contributed by atoms with van der Waals surface area (Å²) >= 11 is 0. The highest BCUT2D eigenvalue weighted by Gasteiger charge is 2.19. The molecular weight excluding hydrogens is 216 g/mol. The summed E-state index contributed by atoms with van der Waals surface area (Å²) in [6, 6.07) is 4.67. The van der Waals surface area contributed by atoms with Crippen LogP contribution in [0, 0.1) is 0 Å². The lowest BCUT2D eigenvalue weighted by Crippen LogP contribution is -2.16. The first-order chi connectivity index (χ1) is 8.38. The second-order valence-electron chi connectivity index (χ2n) is 4.42. The van der Waals surface area contributed by atoms with Crippen molar-refractivity contribution in [1.82, 2.24) is 10.3 Å². The van der Waals surface area contributed by atoms with Crippen molar-refractivity contribution in [3.63, 3.8) is 0 Å². The number of hydrogen-bond donors (Lipinski definition) is 2. The Morgan fingerprint density at radius 3 is 2.88 bits per heavy atom. The van der Waals surface area contributed by atoms with Crippen LogP contribution in [0.25, 0.3) is 0 Å². The number of rotatable bonds is 8. The summed E-state index contributed by atoms with van der Waals surface area (Å²) in [7, 11) is 0. The van der Waals surface area contributed by atoms with Gasteiger partial charge in [-0.25, -0.2) is 0 Å². The highest BCUT2D eigenvalue weighted by Crippen LogP contribution is 2.19. The SMILES string of the molecule is OCCCCOc1ccc(CNC2CC2)nc1. The number of nitrogens with one attached hydrogen (secondary N) is 1. The van der Waals surface area contributed by atoms with E-state index in [0.29, 0.717) is 12.6 Å². The predicted molar refractivity (Wildman–Crippen MR) is 65.9 cm³/mol. The maximum absolute atomic E-state index is 8.63. The van der Waals surface area contributed by atoms with Crippen molar-refractivity contribution in [3.8, 4) is 5.75 Å². The second kappa shape index (κ2) is 6.57. The van der Waals surface area contributed by atoms with Crippen LogP contribution in [0.15, 0.2) is 18.3 Å². The van der Waals surface area contributed by atoms with Crippen LogP contribution in [0.4, 0.5) is 0 Å². The van der Waals surface area contributed by atoms with E-state index in [1.165, 1.54) is 12.8 Å². The first kappa shape index (κ1) is 12.3. The van der Waals surface area contributed by atoms with Crippen molar-refractivity contribution >= 4 is 0 Å². The van der Waals surface area contributed by atoms with Crippen molar-refractivity contribution in [2.45, 2.75) is 38.3 Å². The molecule has 2 N–H and O–H groups in total. The van der Waals surface area contributed by atoms with E-state index < -0.39 is 0 Å². The molecule has 0 unspecified atom stereocenters. The summed E-state index contributed by atoms with van der Waals surface area (Å²) in [5.41, 5.74) is 1.06.